The minimum absolute atomic E-state index is 0.440. The van der Waals surface area contributed by atoms with Crippen molar-refractivity contribution in [3.8, 4) is 0 Å². The summed E-state index contributed by atoms with van der Waals surface area (Å²) in [6.45, 7) is 0. The fraction of sp³-hybridized carbons (Fsp3) is 0. The van der Waals surface area contributed by atoms with Gasteiger partial charge in [0.05, 0.1) is 5.52 Å². The molecule has 0 fully saturated rings. The summed E-state index contributed by atoms with van der Waals surface area (Å²) in [6.07, 6.45) is 1.80. The highest BCUT2D eigenvalue weighted by molar-refractivity contribution is 5.75. The number of anilines is 1. The zero-order valence-electron chi connectivity index (χ0n) is 5.20. The van der Waals surface area contributed by atoms with Crippen LogP contribution in [0.25, 0.3) is 11.0 Å². The molecule has 2 heterocycles. The number of rotatable bonds is 0. The summed E-state index contributed by atoms with van der Waals surface area (Å²) in [7, 11) is 0. The van der Waals surface area contributed by atoms with E-state index >= 15 is 0 Å². The number of aromatic amines is 1. The average molecular weight is 134 g/mol. The molecule has 3 N–H and O–H groups in total. The molecule has 2 rings (SSSR count). The molecule has 4 heteroatoms. The zero-order valence-corrected chi connectivity index (χ0v) is 5.20. The number of nitrogens with one attached hydrogen (secondary N) is 1. The van der Waals surface area contributed by atoms with Crippen molar-refractivity contribution in [2.45, 2.75) is 0 Å². The van der Waals surface area contributed by atoms with Gasteiger partial charge in [-0.05, 0) is 6.07 Å². The molecular weight excluding hydrogens is 128 g/mol. The molecule has 0 radical (unpaired) electrons. The highest BCUT2D eigenvalue weighted by Gasteiger charge is 1.94. The van der Waals surface area contributed by atoms with Crippen molar-refractivity contribution in [1.29, 1.82) is 0 Å². The molecule has 0 aliphatic heterocycles. The van der Waals surface area contributed by atoms with Gasteiger partial charge in [-0.1, -0.05) is 0 Å². The Morgan fingerprint density at radius 3 is 3.20 bits per heavy atom. The summed E-state index contributed by atoms with van der Waals surface area (Å²) < 4.78 is 0. The first-order chi connectivity index (χ1) is 4.86. The average Bonchev–Trinajstić information content (AvgIpc) is 2.33. The van der Waals surface area contributed by atoms with Crippen molar-refractivity contribution in [2.75, 3.05) is 5.73 Å². The standard InChI is InChI=1S/C6H6N4/c7-6-3-5-4(9-10-6)1-2-8-5/h1-3,8H,(H2,7,10). The largest absolute Gasteiger partial charge is 0.382 e. The van der Waals surface area contributed by atoms with E-state index in [2.05, 4.69) is 15.2 Å². The Bertz CT molecular complexity index is 351. The van der Waals surface area contributed by atoms with Crippen molar-refractivity contribution in [3.05, 3.63) is 18.3 Å². The molecule has 0 aliphatic carbocycles. The van der Waals surface area contributed by atoms with E-state index in [1.165, 1.54) is 0 Å². The molecule has 0 bridgehead atoms. The first-order valence-corrected chi connectivity index (χ1v) is 2.92. The van der Waals surface area contributed by atoms with Crippen LogP contribution >= 0.6 is 0 Å². The van der Waals surface area contributed by atoms with E-state index in [-0.39, 0.29) is 0 Å². The Hall–Kier alpha value is -1.58. The first-order valence-electron chi connectivity index (χ1n) is 2.92. The van der Waals surface area contributed by atoms with Crippen LogP contribution in [0.15, 0.2) is 18.3 Å². The number of hydrogen-bond donors (Lipinski definition) is 2. The maximum Gasteiger partial charge on any atom is 0.148 e. The summed E-state index contributed by atoms with van der Waals surface area (Å²) in [4.78, 5) is 2.98. The lowest BCUT2D eigenvalue weighted by molar-refractivity contribution is 1.09. The summed E-state index contributed by atoms with van der Waals surface area (Å²) in [5, 5.41) is 7.52. The summed E-state index contributed by atoms with van der Waals surface area (Å²) in [5.41, 5.74) is 7.15. The van der Waals surface area contributed by atoms with Gasteiger partial charge in [-0.15, -0.1) is 10.2 Å². The number of H-pyrrole nitrogens is 1. The fourth-order valence-corrected chi connectivity index (χ4v) is 0.865. The number of nitrogens with zero attached hydrogens (tertiary/aromatic N) is 2. The lowest BCUT2D eigenvalue weighted by Crippen LogP contribution is -1.91. The normalized spacial score (nSPS) is 10.4. The molecule has 0 aliphatic rings. The Balaban J connectivity index is 2.86. The van der Waals surface area contributed by atoms with Crippen LogP contribution in [0.2, 0.25) is 0 Å². The maximum atomic E-state index is 5.39. The van der Waals surface area contributed by atoms with Crippen molar-refractivity contribution in [2.24, 2.45) is 0 Å². The van der Waals surface area contributed by atoms with E-state index in [1.807, 2.05) is 6.07 Å². The molecule has 10 heavy (non-hydrogen) atoms. The topological polar surface area (TPSA) is 67.6 Å². The quantitative estimate of drug-likeness (QED) is 0.552. The third-order valence-electron chi connectivity index (χ3n) is 1.32. The molecule has 4 nitrogen and oxygen atoms in total. The Kier molecular flexibility index (Phi) is 0.887. The van der Waals surface area contributed by atoms with Gasteiger partial charge in [0.1, 0.15) is 11.3 Å². The predicted molar refractivity (Wildman–Crippen MR) is 38.3 cm³/mol. The van der Waals surface area contributed by atoms with Crippen LogP contribution in [0.5, 0.6) is 0 Å². The van der Waals surface area contributed by atoms with E-state index in [4.69, 9.17) is 5.73 Å². The minimum atomic E-state index is 0.440. The van der Waals surface area contributed by atoms with Crippen LogP contribution in [0.3, 0.4) is 0 Å². The monoisotopic (exact) mass is 134 g/mol. The molecule has 2 aromatic rings. The van der Waals surface area contributed by atoms with Crippen LogP contribution in [0.4, 0.5) is 5.82 Å². The minimum Gasteiger partial charge on any atom is -0.382 e. The van der Waals surface area contributed by atoms with Crippen LogP contribution in [-0.4, -0.2) is 15.2 Å². The third kappa shape index (κ3) is 0.621. The molecule has 0 spiro atoms. The summed E-state index contributed by atoms with van der Waals surface area (Å²) >= 11 is 0. The molecule has 50 valence electrons. The third-order valence-corrected chi connectivity index (χ3v) is 1.32. The summed E-state index contributed by atoms with van der Waals surface area (Å²) in [5.74, 6) is 0.440. The van der Waals surface area contributed by atoms with Gasteiger partial charge in [0.25, 0.3) is 0 Å². The lowest BCUT2D eigenvalue weighted by Gasteiger charge is -1.88. The maximum absolute atomic E-state index is 5.39. The second-order valence-corrected chi connectivity index (χ2v) is 2.05. The highest BCUT2D eigenvalue weighted by Crippen LogP contribution is 2.08. The number of aromatic nitrogens is 3. The van der Waals surface area contributed by atoms with E-state index < -0.39 is 0 Å². The van der Waals surface area contributed by atoms with Crippen molar-refractivity contribution in [3.63, 3.8) is 0 Å². The number of nitrogens with two attached hydrogens (primary N) is 1. The van der Waals surface area contributed by atoms with Gasteiger partial charge in [-0.25, -0.2) is 0 Å². The molecule has 0 amide bonds. The number of fused-ring (bicyclic) bond motifs is 1. The van der Waals surface area contributed by atoms with Crippen molar-refractivity contribution < 1.29 is 0 Å². The van der Waals surface area contributed by atoms with Gasteiger partial charge in [0.15, 0.2) is 0 Å². The van der Waals surface area contributed by atoms with Gasteiger partial charge in [0, 0.05) is 12.3 Å². The van der Waals surface area contributed by atoms with Crippen LogP contribution in [0.1, 0.15) is 0 Å². The molecule has 0 saturated carbocycles. The van der Waals surface area contributed by atoms with Crippen molar-refractivity contribution in [1.82, 2.24) is 15.2 Å². The smallest absolute Gasteiger partial charge is 0.148 e. The van der Waals surface area contributed by atoms with Gasteiger partial charge in [0.2, 0.25) is 0 Å². The molecular formula is C6H6N4. The van der Waals surface area contributed by atoms with Crippen LogP contribution < -0.4 is 5.73 Å². The number of nitrogen functional groups attached to an aromatic ring is 1. The summed E-state index contributed by atoms with van der Waals surface area (Å²) in [6, 6.07) is 3.60. The van der Waals surface area contributed by atoms with E-state index in [9.17, 15) is 0 Å². The predicted octanol–water partition coefficient (Wildman–Crippen LogP) is 0.540. The van der Waals surface area contributed by atoms with Gasteiger partial charge < -0.3 is 10.7 Å². The molecule has 0 atom stereocenters. The van der Waals surface area contributed by atoms with Crippen molar-refractivity contribution >= 4 is 16.9 Å². The van der Waals surface area contributed by atoms with E-state index in [1.54, 1.807) is 12.3 Å². The Morgan fingerprint density at radius 2 is 2.30 bits per heavy atom. The van der Waals surface area contributed by atoms with Crippen LogP contribution in [0, 0.1) is 0 Å². The highest BCUT2D eigenvalue weighted by atomic mass is 15.1. The lowest BCUT2D eigenvalue weighted by atomic mass is 10.4. The van der Waals surface area contributed by atoms with Crippen LogP contribution in [-0.2, 0) is 0 Å². The zero-order chi connectivity index (χ0) is 6.97. The van der Waals surface area contributed by atoms with Gasteiger partial charge in [-0.2, -0.15) is 0 Å². The molecule has 0 unspecified atom stereocenters. The second kappa shape index (κ2) is 1.70. The Morgan fingerprint density at radius 1 is 1.40 bits per heavy atom. The van der Waals surface area contributed by atoms with Gasteiger partial charge in [-0.3, -0.25) is 0 Å². The fourth-order valence-electron chi connectivity index (χ4n) is 0.865. The number of hydrogen-bond acceptors (Lipinski definition) is 3. The van der Waals surface area contributed by atoms with E-state index in [0.717, 1.165) is 11.0 Å². The second-order valence-electron chi connectivity index (χ2n) is 2.05. The Labute approximate surface area is 57.1 Å². The van der Waals surface area contributed by atoms with E-state index in [0.29, 0.717) is 5.82 Å². The SMILES string of the molecule is Nc1cc2[nH]ccc2nn1. The van der Waals surface area contributed by atoms with Gasteiger partial charge >= 0.3 is 0 Å². The molecule has 0 aromatic carbocycles. The molecule has 2 aromatic heterocycles. The first kappa shape index (κ1) is 5.22. The molecule has 0 saturated heterocycles.